The second kappa shape index (κ2) is 5.32. The fourth-order valence-electron chi connectivity index (χ4n) is 2.04. The lowest BCUT2D eigenvalue weighted by Crippen LogP contribution is -2.30. The van der Waals surface area contributed by atoms with E-state index in [9.17, 15) is 4.79 Å². The SMILES string of the molecule is Cn1ncc2c(=O)n(CCCC(C)(C)C(N)=S)cnc21. The van der Waals surface area contributed by atoms with Crippen molar-refractivity contribution in [3.63, 3.8) is 0 Å². The Hall–Kier alpha value is -1.76. The van der Waals surface area contributed by atoms with E-state index in [2.05, 4.69) is 10.1 Å². The maximum Gasteiger partial charge on any atom is 0.264 e. The van der Waals surface area contributed by atoms with Crippen LogP contribution in [-0.4, -0.2) is 24.3 Å². The average Bonchev–Trinajstić information content (AvgIpc) is 2.74. The molecule has 0 atom stereocenters. The molecule has 0 saturated carbocycles. The van der Waals surface area contributed by atoms with Crippen molar-refractivity contribution in [1.29, 1.82) is 0 Å². The van der Waals surface area contributed by atoms with Crippen molar-refractivity contribution in [3.8, 4) is 0 Å². The van der Waals surface area contributed by atoms with E-state index >= 15 is 0 Å². The molecule has 2 N–H and O–H groups in total. The number of aryl methyl sites for hydroxylation is 2. The van der Waals surface area contributed by atoms with Gasteiger partial charge in [0, 0.05) is 19.0 Å². The first kappa shape index (κ1) is 14.6. The summed E-state index contributed by atoms with van der Waals surface area (Å²) in [4.78, 5) is 17.0. The zero-order chi connectivity index (χ0) is 14.9. The van der Waals surface area contributed by atoms with Gasteiger partial charge in [-0.25, -0.2) is 4.98 Å². The molecule has 20 heavy (non-hydrogen) atoms. The highest BCUT2D eigenvalue weighted by molar-refractivity contribution is 7.80. The van der Waals surface area contributed by atoms with Crippen LogP contribution >= 0.6 is 12.2 Å². The number of thiocarbonyl (C=S) groups is 1. The molecule has 6 nitrogen and oxygen atoms in total. The third-order valence-corrected chi connectivity index (χ3v) is 4.14. The first-order chi connectivity index (χ1) is 9.33. The van der Waals surface area contributed by atoms with Gasteiger partial charge in [-0.05, 0) is 12.8 Å². The number of hydrogen-bond donors (Lipinski definition) is 1. The molecule has 0 saturated heterocycles. The standard InChI is InChI=1S/C13H19N5OS/c1-13(2,12(14)20)5-4-6-18-8-15-10-9(11(18)19)7-16-17(10)3/h7-8H,4-6H2,1-3H3,(H2,14,20). The molecule has 0 aliphatic rings. The number of nitrogens with zero attached hydrogens (tertiary/aromatic N) is 4. The van der Waals surface area contributed by atoms with Crippen LogP contribution in [0, 0.1) is 5.41 Å². The maximum atomic E-state index is 12.3. The average molecular weight is 293 g/mol. The summed E-state index contributed by atoms with van der Waals surface area (Å²) in [6.45, 7) is 4.63. The number of rotatable bonds is 5. The molecule has 7 heteroatoms. The molecular weight excluding hydrogens is 274 g/mol. The highest BCUT2D eigenvalue weighted by Crippen LogP contribution is 2.22. The van der Waals surface area contributed by atoms with E-state index in [4.69, 9.17) is 18.0 Å². The zero-order valence-electron chi connectivity index (χ0n) is 12.0. The predicted molar refractivity (Wildman–Crippen MR) is 82.6 cm³/mol. The third kappa shape index (κ3) is 2.72. The van der Waals surface area contributed by atoms with Crippen molar-refractivity contribution >= 4 is 28.2 Å². The van der Waals surface area contributed by atoms with E-state index in [1.165, 1.54) is 0 Å². The highest BCUT2D eigenvalue weighted by Gasteiger charge is 2.20. The molecule has 2 aromatic rings. The summed E-state index contributed by atoms with van der Waals surface area (Å²) < 4.78 is 3.21. The molecule has 0 aliphatic heterocycles. The fourth-order valence-corrected chi connectivity index (χ4v) is 2.14. The lowest BCUT2D eigenvalue weighted by Gasteiger charge is -2.22. The van der Waals surface area contributed by atoms with Gasteiger partial charge in [-0.15, -0.1) is 0 Å². The summed E-state index contributed by atoms with van der Waals surface area (Å²) in [5, 5.41) is 4.59. The first-order valence-electron chi connectivity index (χ1n) is 6.50. The number of aromatic nitrogens is 4. The molecule has 2 aromatic heterocycles. The molecular formula is C13H19N5OS. The summed E-state index contributed by atoms with van der Waals surface area (Å²) in [7, 11) is 1.77. The monoisotopic (exact) mass is 293 g/mol. The molecule has 2 heterocycles. The van der Waals surface area contributed by atoms with Crippen molar-refractivity contribution in [2.24, 2.45) is 18.2 Å². The summed E-state index contributed by atoms with van der Waals surface area (Å²) >= 11 is 5.04. The lowest BCUT2D eigenvalue weighted by atomic mass is 9.88. The normalized spacial score (nSPS) is 11.9. The molecule has 0 fully saturated rings. The van der Waals surface area contributed by atoms with Gasteiger partial charge < -0.3 is 5.73 Å². The zero-order valence-corrected chi connectivity index (χ0v) is 12.8. The van der Waals surface area contributed by atoms with E-state index in [0.717, 1.165) is 12.8 Å². The van der Waals surface area contributed by atoms with E-state index in [0.29, 0.717) is 22.6 Å². The molecule has 0 aliphatic carbocycles. The van der Waals surface area contributed by atoms with Gasteiger partial charge in [0.2, 0.25) is 0 Å². The summed E-state index contributed by atoms with van der Waals surface area (Å²) in [6.07, 6.45) is 4.78. The first-order valence-corrected chi connectivity index (χ1v) is 6.91. The van der Waals surface area contributed by atoms with Crippen LogP contribution in [0.3, 0.4) is 0 Å². The molecule has 0 bridgehead atoms. The van der Waals surface area contributed by atoms with Crippen LogP contribution in [0.2, 0.25) is 0 Å². The van der Waals surface area contributed by atoms with E-state index in [-0.39, 0.29) is 11.0 Å². The van der Waals surface area contributed by atoms with E-state index < -0.39 is 0 Å². The van der Waals surface area contributed by atoms with Gasteiger partial charge in [0.15, 0.2) is 5.65 Å². The number of hydrogen-bond acceptors (Lipinski definition) is 4. The molecule has 0 aromatic carbocycles. The topological polar surface area (TPSA) is 78.7 Å². The largest absolute Gasteiger partial charge is 0.393 e. The second-order valence-electron chi connectivity index (χ2n) is 5.60. The highest BCUT2D eigenvalue weighted by atomic mass is 32.1. The second-order valence-corrected chi connectivity index (χ2v) is 6.04. The Morgan fingerprint density at radius 3 is 2.85 bits per heavy atom. The Bertz CT molecular complexity index is 700. The molecule has 0 spiro atoms. The van der Waals surface area contributed by atoms with Gasteiger partial charge in [-0.2, -0.15) is 5.10 Å². The van der Waals surface area contributed by atoms with Gasteiger partial charge >= 0.3 is 0 Å². The minimum atomic E-state index is -0.190. The maximum absolute atomic E-state index is 12.3. The molecule has 108 valence electrons. The molecule has 0 unspecified atom stereocenters. The Morgan fingerprint density at radius 1 is 1.50 bits per heavy atom. The summed E-state index contributed by atoms with van der Waals surface area (Å²) in [6, 6.07) is 0. The Balaban J connectivity index is 2.13. The number of nitrogens with two attached hydrogens (primary N) is 1. The van der Waals surface area contributed by atoms with Crippen LogP contribution < -0.4 is 11.3 Å². The minimum absolute atomic E-state index is 0.0590. The molecule has 0 radical (unpaired) electrons. The third-order valence-electron chi connectivity index (χ3n) is 3.59. The van der Waals surface area contributed by atoms with Crippen molar-refractivity contribution in [1.82, 2.24) is 19.3 Å². The Morgan fingerprint density at radius 2 is 2.20 bits per heavy atom. The van der Waals surface area contributed by atoms with Crippen LogP contribution in [-0.2, 0) is 13.6 Å². The van der Waals surface area contributed by atoms with Crippen molar-refractivity contribution in [2.45, 2.75) is 33.2 Å². The summed E-state index contributed by atoms with van der Waals surface area (Å²) in [5.41, 5.74) is 6.05. The molecule has 2 rings (SSSR count). The van der Waals surface area contributed by atoms with Crippen LogP contribution in [0.15, 0.2) is 17.3 Å². The van der Waals surface area contributed by atoms with Gasteiger partial charge in [0.1, 0.15) is 5.39 Å². The van der Waals surface area contributed by atoms with Crippen molar-refractivity contribution < 1.29 is 0 Å². The summed E-state index contributed by atoms with van der Waals surface area (Å²) in [5.74, 6) is 0. The number of fused-ring (bicyclic) bond motifs is 1. The van der Waals surface area contributed by atoms with Gasteiger partial charge in [-0.3, -0.25) is 14.0 Å². The minimum Gasteiger partial charge on any atom is -0.393 e. The lowest BCUT2D eigenvalue weighted by molar-refractivity contribution is 0.433. The molecule has 0 amide bonds. The van der Waals surface area contributed by atoms with Crippen molar-refractivity contribution in [2.75, 3.05) is 0 Å². The predicted octanol–water partition coefficient (Wildman–Crippen LogP) is 1.22. The van der Waals surface area contributed by atoms with Gasteiger partial charge in [0.25, 0.3) is 5.56 Å². The quantitative estimate of drug-likeness (QED) is 0.839. The van der Waals surface area contributed by atoms with E-state index in [1.54, 1.807) is 28.8 Å². The van der Waals surface area contributed by atoms with Crippen LogP contribution in [0.4, 0.5) is 0 Å². The van der Waals surface area contributed by atoms with Gasteiger partial charge in [-0.1, -0.05) is 26.1 Å². The van der Waals surface area contributed by atoms with Crippen LogP contribution in [0.25, 0.3) is 11.0 Å². The smallest absolute Gasteiger partial charge is 0.264 e. The fraction of sp³-hybridized carbons (Fsp3) is 0.538. The van der Waals surface area contributed by atoms with Gasteiger partial charge in [0.05, 0.1) is 17.5 Å². The van der Waals surface area contributed by atoms with Crippen LogP contribution in [0.5, 0.6) is 0 Å². The Labute approximate surface area is 122 Å². The van der Waals surface area contributed by atoms with E-state index in [1.807, 2.05) is 13.8 Å². The van der Waals surface area contributed by atoms with Crippen molar-refractivity contribution in [3.05, 3.63) is 22.9 Å². The Kier molecular flexibility index (Phi) is 3.89. The van der Waals surface area contributed by atoms with Crippen LogP contribution in [0.1, 0.15) is 26.7 Å².